The predicted octanol–water partition coefficient (Wildman–Crippen LogP) is 6.37. The molecule has 2 unspecified atom stereocenters. The lowest BCUT2D eigenvalue weighted by Crippen LogP contribution is -2.39. The molecule has 1 aliphatic heterocycles. The zero-order valence-electron chi connectivity index (χ0n) is 24.1. The molecule has 3 aliphatic rings. The van der Waals surface area contributed by atoms with Crippen LogP contribution in [0.3, 0.4) is 0 Å². The number of pyridine rings is 1. The molecule has 1 N–H and O–H groups in total. The number of carbonyl (C=O) groups is 3. The Hall–Kier alpha value is -3.59. The van der Waals surface area contributed by atoms with Gasteiger partial charge in [0.25, 0.3) is 0 Å². The van der Waals surface area contributed by atoms with Gasteiger partial charge in [0.1, 0.15) is 0 Å². The number of benzene rings is 1. The topological polar surface area (TPSA) is 104 Å². The molecule has 6 rings (SSSR count). The molecular weight excluding hydrogens is 548 g/mol. The van der Waals surface area contributed by atoms with Crippen LogP contribution in [0.2, 0.25) is 0 Å². The molecule has 0 spiro atoms. The number of amides is 2. The van der Waals surface area contributed by atoms with Crippen LogP contribution in [0.5, 0.6) is 0 Å². The van der Waals surface area contributed by atoms with Gasteiger partial charge in [-0.15, -0.1) is 11.3 Å². The number of piperidine rings is 1. The van der Waals surface area contributed by atoms with Gasteiger partial charge in [-0.05, 0) is 49.7 Å². The van der Waals surface area contributed by atoms with Crippen molar-refractivity contribution in [1.82, 2.24) is 14.9 Å². The first kappa shape index (κ1) is 28.5. The number of carbonyl (C=O) groups excluding carboxylic acids is 2. The summed E-state index contributed by atoms with van der Waals surface area (Å²) in [4.78, 5) is 51.5. The first-order valence-electron chi connectivity index (χ1n) is 15.2. The highest BCUT2D eigenvalue weighted by Gasteiger charge is 2.40. The van der Waals surface area contributed by atoms with E-state index in [0.717, 1.165) is 86.0 Å². The predicted molar refractivity (Wildman–Crippen MR) is 163 cm³/mol. The summed E-state index contributed by atoms with van der Waals surface area (Å²) in [5.74, 6) is -1.18. The molecule has 9 heteroatoms. The largest absolute Gasteiger partial charge is 0.481 e. The fourth-order valence-corrected chi connectivity index (χ4v) is 7.53. The molecule has 1 aromatic carbocycles. The van der Waals surface area contributed by atoms with Crippen molar-refractivity contribution in [1.29, 1.82) is 0 Å². The maximum atomic E-state index is 13.9. The van der Waals surface area contributed by atoms with E-state index in [9.17, 15) is 19.5 Å². The number of anilines is 1. The van der Waals surface area contributed by atoms with E-state index < -0.39 is 11.9 Å². The summed E-state index contributed by atoms with van der Waals surface area (Å²) in [7, 11) is 1.85. The van der Waals surface area contributed by atoms with E-state index in [1.165, 1.54) is 11.3 Å². The average Bonchev–Trinajstić information content (AvgIpc) is 3.46. The number of aromatic nitrogens is 2. The van der Waals surface area contributed by atoms with Crippen LogP contribution in [0, 0.1) is 11.8 Å². The highest BCUT2D eigenvalue weighted by Crippen LogP contribution is 2.41. The summed E-state index contributed by atoms with van der Waals surface area (Å²) in [6, 6.07) is 12.1. The van der Waals surface area contributed by atoms with Crippen molar-refractivity contribution in [3.8, 4) is 22.4 Å². The molecule has 0 radical (unpaired) electrons. The molecule has 42 heavy (non-hydrogen) atoms. The number of hydrogen-bond acceptors (Lipinski definition) is 6. The summed E-state index contributed by atoms with van der Waals surface area (Å²) in [5.41, 5.74) is 4.45. The van der Waals surface area contributed by atoms with E-state index in [1.54, 1.807) is 9.80 Å². The Balaban J connectivity index is 1.25. The summed E-state index contributed by atoms with van der Waals surface area (Å²) in [6.07, 6.45) is 10.4. The lowest BCUT2D eigenvalue weighted by Gasteiger charge is -2.28. The Bertz CT molecular complexity index is 1440. The quantitative estimate of drug-likeness (QED) is 0.296. The second-order valence-corrected chi connectivity index (χ2v) is 12.9. The van der Waals surface area contributed by atoms with Crippen molar-refractivity contribution in [2.45, 2.75) is 76.2 Å². The minimum atomic E-state index is -0.921. The highest BCUT2D eigenvalue weighted by atomic mass is 32.1. The van der Waals surface area contributed by atoms with E-state index in [0.29, 0.717) is 17.5 Å². The maximum absolute atomic E-state index is 13.9. The van der Waals surface area contributed by atoms with Gasteiger partial charge in [0.05, 0.1) is 23.7 Å². The molecule has 2 saturated carbocycles. The molecular formula is C33H38N4O4S. The van der Waals surface area contributed by atoms with Crippen LogP contribution in [0.1, 0.15) is 75.8 Å². The maximum Gasteiger partial charge on any atom is 0.304 e. The Morgan fingerprint density at radius 3 is 2.50 bits per heavy atom. The lowest BCUT2D eigenvalue weighted by molar-refractivity contribution is -0.141. The van der Waals surface area contributed by atoms with Crippen molar-refractivity contribution in [3.63, 3.8) is 0 Å². The number of thiazole rings is 1. The van der Waals surface area contributed by atoms with Gasteiger partial charge in [0.15, 0.2) is 5.13 Å². The molecule has 3 aromatic rings. The molecule has 2 amide bonds. The second kappa shape index (κ2) is 12.3. The standard InChI is InChI=1S/C33H38N4O4S/c1-36-16-6-11-27(32(36)41)28-15-12-22(19-34-28)25-9-4-5-10-26(25)29-20-42-33(35-29)37(24-13-14-24)31(40)23(18-30(38)39)17-21-7-2-3-8-21/h4-5,9-10,12,15,19-21,23-24,27H,2-3,6-8,11,13-14,16-18H2,1H3,(H,38,39). The minimum Gasteiger partial charge on any atom is -0.481 e. The zero-order chi connectivity index (χ0) is 29.2. The van der Waals surface area contributed by atoms with E-state index in [2.05, 4.69) is 0 Å². The number of aliphatic carboxylic acids is 1. The Kier molecular flexibility index (Phi) is 8.38. The van der Waals surface area contributed by atoms with Gasteiger partial charge in [0, 0.05) is 48.3 Å². The van der Waals surface area contributed by atoms with Crippen LogP contribution in [-0.2, 0) is 14.4 Å². The smallest absolute Gasteiger partial charge is 0.304 e. The number of carboxylic acids is 1. The third-order valence-electron chi connectivity index (χ3n) is 9.03. The number of hydrogen-bond donors (Lipinski definition) is 1. The van der Waals surface area contributed by atoms with Crippen molar-refractivity contribution < 1.29 is 19.5 Å². The summed E-state index contributed by atoms with van der Waals surface area (Å²) in [5, 5.41) is 12.2. The van der Waals surface area contributed by atoms with Gasteiger partial charge in [-0.3, -0.25) is 24.3 Å². The Labute approximate surface area is 250 Å². The molecule has 3 heterocycles. The first-order chi connectivity index (χ1) is 20.4. The highest BCUT2D eigenvalue weighted by molar-refractivity contribution is 7.14. The summed E-state index contributed by atoms with van der Waals surface area (Å²) >= 11 is 1.44. The van der Waals surface area contributed by atoms with Gasteiger partial charge in [-0.1, -0.05) is 56.0 Å². The number of likely N-dealkylation sites (N-methyl/N-ethyl adjacent to an activating group) is 1. The second-order valence-electron chi connectivity index (χ2n) is 12.1. The fraction of sp³-hybridized carbons (Fsp3) is 0.485. The average molecular weight is 587 g/mol. The third kappa shape index (κ3) is 6.11. The molecule has 1 saturated heterocycles. The van der Waals surface area contributed by atoms with Gasteiger partial charge in [-0.25, -0.2) is 4.98 Å². The lowest BCUT2D eigenvalue weighted by atomic mass is 9.90. The first-order valence-corrected chi connectivity index (χ1v) is 16.1. The number of likely N-dealkylation sites (tertiary alicyclic amines) is 1. The third-order valence-corrected chi connectivity index (χ3v) is 9.87. The number of nitrogens with zero attached hydrogens (tertiary/aromatic N) is 4. The molecule has 2 atom stereocenters. The van der Waals surface area contributed by atoms with Gasteiger partial charge < -0.3 is 10.0 Å². The monoisotopic (exact) mass is 586 g/mol. The zero-order valence-corrected chi connectivity index (χ0v) is 24.9. The van der Waals surface area contributed by atoms with E-state index >= 15 is 0 Å². The molecule has 220 valence electrons. The molecule has 0 bridgehead atoms. The van der Waals surface area contributed by atoms with Crippen LogP contribution in [-0.4, -0.2) is 57.4 Å². The summed E-state index contributed by atoms with van der Waals surface area (Å²) in [6.45, 7) is 0.793. The van der Waals surface area contributed by atoms with E-state index in [4.69, 9.17) is 9.97 Å². The van der Waals surface area contributed by atoms with Crippen LogP contribution >= 0.6 is 11.3 Å². The fourth-order valence-electron chi connectivity index (χ4n) is 6.62. The minimum absolute atomic E-state index is 0.0879. The molecule has 2 aromatic heterocycles. The van der Waals surface area contributed by atoms with Crippen LogP contribution in [0.15, 0.2) is 48.0 Å². The van der Waals surface area contributed by atoms with Gasteiger partial charge in [-0.2, -0.15) is 0 Å². The van der Waals surface area contributed by atoms with Crippen molar-refractivity contribution >= 4 is 34.3 Å². The van der Waals surface area contributed by atoms with Crippen LogP contribution in [0.4, 0.5) is 5.13 Å². The van der Waals surface area contributed by atoms with E-state index in [-0.39, 0.29) is 30.2 Å². The summed E-state index contributed by atoms with van der Waals surface area (Å²) < 4.78 is 0. The molecule has 2 aliphatic carbocycles. The molecule has 8 nitrogen and oxygen atoms in total. The normalized spacial score (nSPS) is 20.1. The van der Waals surface area contributed by atoms with E-state index in [1.807, 2.05) is 55.0 Å². The SMILES string of the molecule is CN1CCCC(c2ccc(-c3ccccc3-c3csc(N(C(=O)C(CC(=O)O)CC4CCCC4)C4CC4)n3)cn2)C1=O. The molecule has 3 fully saturated rings. The number of carboxylic acid groups (broad SMARTS) is 1. The van der Waals surface area contributed by atoms with Crippen LogP contribution < -0.4 is 4.90 Å². The Morgan fingerprint density at radius 1 is 1.05 bits per heavy atom. The number of rotatable bonds is 10. The van der Waals surface area contributed by atoms with Crippen molar-refractivity contribution in [2.24, 2.45) is 11.8 Å². The van der Waals surface area contributed by atoms with Crippen molar-refractivity contribution in [2.75, 3.05) is 18.5 Å². The Morgan fingerprint density at radius 2 is 1.81 bits per heavy atom. The van der Waals surface area contributed by atoms with Gasteiger partial charge >= 0.3 is 5.97 Å². The van der Waals surface area contributed by atoms with Gasteiger partial charge in [0.2, 0.25) is 11.8 Å². The van der Waals surface area contributed by atoms with Crippen molar-refractivity contribution in [3.05, 3.63) is 53.7 Å². The van der Waals surface area contributed by atoms with Crippen LogP contribution in [0.25, 0.3) is 22.4 Å².